The molecule has 1 saturated heterocycles. The maximum atomic E-state index is 12.6. The van der Waals surface area contributed by atoms with Crippen molar-refractivity contribution in [2.45, 2.75) is 18.9 Å². The summed E-state index contributed by atoms with van der Waals surface area (Å²) in [5.41, 5.74) is 8.49. The van der Waals surface area contributed by atoms with Crippen molar-refractivity contribution in [1.29, 1.82) is 0 Å². The quantitative estimate of drug-likeness (QED) is 0.621. The molecule has 30 heavy (non-hydrogen) atoms. The van der Waals surface area contributed by atoms with Gasteiger partial charge in [0.2, 0.25) is 11.8 Å². The number of hydrogen-bond donors (Lipinski definition) is 2. The number of hydrogen-bond acceptors (Lipinski definition) is 4. The molecule has 8 heteroatoms. The third kappa shape index (κ3) is 5.53. The molecule has 1 aliphatic rings. The summed E-state index contributed by atoms with van der Waals surface area (Å²) >= 11 is 9.39. The first-order valence-corrected chi connectivity index (χ1v) is 11.1. The molecule has 1 heterocycles. The molecule has 3 N–H and O–H groups in total. The van der Waals surface area contributed by atoms with E-state index in [1.165, 1.54) is 0 Å². The van der Waals surface area contributed by atoms with E-state index < -0.39 is 11.9 Å². The molecule has 0 spiro atoms. The minimum Gasteiger partial charge on any atom is -0.368 e. The second-order valence-corrected chi connectivity index (χ2v) is 8.67. The number of anilines is 1. The highest BCUT2D eigenvalue weighted by Gasteiger charge is 2.26. The summed E-state index contributed by atoms with van der Waals surface area (Å²) in [5.74, 6) is -0.265. The van der Waals surface area contributed by atoms with Gasteiger partial charge in [-0.05, 0) is 49.4 Å². The van der Waals surface area contributed by atoms with Crippen molar-refractivity contribution >= 4 is 45.0 Å². The molecule has 0 saturated carbocycles. The van der Waals surface area contributed by atoms with Crippen LogP contribution in [0.2, 0.25) is 5.02 Å². The number of carbonyl (C=O) groups excluding carboxylic acids is 2. The van der Waals surface area contributed by atoms with Crippen LogP contribution in [0, 0.1) is 0 Å². The number of nitrogens with zero attached hydrogens (tertiary/aromatic N) is 2. The molecule has 0 aliphatic carbocycles. The van der Waals surface area contributed by atoms with Crippen LogP contribution in [0.3, 0.4) is 0 Å². The Balaban J connectivity index is 1.62. The second-order valence-electron chi connectivity index (χ2n) is 7.32. The number of amides is 2. The normalized spacial score (nSPS) is 15.2. The third-order valence-electron chi connectivity index (χ3n) is 5.39. The molecule has 0 bridgehead atoms. The number of benzene rings is 2. The fourth-order valence-electron chi connectivity index (χ4n) is 3.75. The van der Waals surface area contributed by atoms with Crippen LogP contribution in [0.5, 0.6) is 0 Å². The summed E-state index contributed by atoms with van der Waals surface area (Å²) in [5, 5.41) is 3.69. The molecule has 1 unspecified atom stereocenters. The Hall–Kier alpha value is -2.09. The average molecular weight is 494 g/mol. The highest BCUT2D eigenvalue weighted by molar-refractivity contribution is 9.10. The molecule has 6 nitrogen and oxygen atoms in total. The molecule has 2 amide bonds. The number of halogens is 2. The number of nitrogens with two attached hydrogens (primary N) is 1. The van der Waals surface area contributed by atoms with Gasteiger partial charge >= 0.3 is 0 Å². The zero-order valence-electron chi connectivity index (χ0n) is 16.9. The van der Waals surface area contributed by atoms with Gasteiger partial charge in [0.25, 0.3) is 0 Å². The molecule has 1 atom stereocenters. The van der Waals surface area contributed by atoms with E-state index in [1.54, 1.807) is 7.05 Å². The fraction of sp³-hybridized carbons (Fsp3) is 0.364. The Morgan fingerprint density at radius 2 is 1.80 bits per heavy atom. The van der Waals surface area contributed by atoms with Gasteiger partial charge in [-0.1, -0.05) is 39.7 Å². The molecular formula is C22H26BrClN4O2. The summed E-state index contributed by atoms with van der Waals surface area (Å²) < 4.78 is 0.888. The van der Waals surface area contributed by atoms with Crippen LogP contribution in [-0.4, -0.2) is 49.9 Å². The van der Waals surface area contributed by atoms with Gasteiger partial charge in [-0.25, -0.2) is 0 Å². The van der Waals surface area contributed by atoms with Gasteiger partial charge in [-0.2, -0.15) is 0 Å². The molecule has 0 aromatic heterocycles. The van der Waals surface area contributed by atoms with Crippen molar-refractivity contribution in [3.63, 3.8) is 0 Å². The van der Waals surface area contributed by atoms with E-state index in [1.807, 2.05) is 47.4 Å². The van der Waals surface area contributed by atoms with Gasteiger partial charge < -0.3 is 20.9 Å². The fourth-order valence-corrected chi connectivity index (χ4v) is 4.26. The highest BCUT2D eigenvalue weighted by atomic mass is 79.9. The van der Waals surface area contributed by atoms with Crippen LogP contribution in [0.15, 0.2) is 46.9 Å². The number of primary amides is 1. The first kappa shape index (κ1) is 22.6. The van der Waals surface area contributed by atoms with Crippen molar-refractivity contribution in [1.82, 2.24) is 10.2 Å². The standard InChI is InChI=1S/C22H26BrClN4O2/c1-26-21(22(25)30)18-14-16(23)5-8-19(18)27-10-12-28(13-11-27)20(29)9-4-15-2-6-17(24)7-3-15/h2-3,5-8,14,21,26H,4,9-13H2,1H3,(H2,25,30). The van der Waals surface area contributed by atoms with Crippen molar-refractivity contribution in [2.24, 2.45) is 5.73 Å². The van der Waals surface area contributed by atoms with Crippen LogP contribution in [0.1, 0.15) is 23.6 Å². The Labute approximate surface area is 190 Å². The Kier molecular flexibility index (Phi) is 7.75. The molecule has 2 aromatic rings. The Morgan fingerprint density at radius 3 is 2.40 bits per heavy atom. The summed E-state index contributed by atoms with van der Waals surface area (Å²) in [6, 6.07) is 12.9. The smallest absolute Gasteiger partial charge is 0.239 e. The van der Waals surface area contributed by atoms with Gasteiger partial charge in [0.05, 0.1) is 0 Å². The zero-order valence-corrected chi connectivity index (χ0v) is 19.2. The average Bonchev–Trinajstić information content (AvgIpc) is 2.74. The number of aryl methyl sites for hydroxylation is 1. The second kappa shape index (κ2) is 10.3. The van der Waals surface area contributed by atoms with Gasteiger partial charge in [0, 0.05) is 53.3 Å². The lowest BCUT2D eigenvalue weighted by molar-refractivity contribution is -0.131. The van der Waals surface area contributed by atoms with Crippen molar-refractivity contribution in [3.05, 3.63) is 63.1 Å². The maximum Gasteiger partial charge on any atom is 0.239 e. The molecular weight excluding hydrogens is 468 g/mol. The SMILES string of the molecule is CNC(C(N)=O)c1cc(Br)ccc1N1CCN(C(=O)CCc2ccc(Cl)cc2)CC1. The predicted octanol–water partition coefficient (Wildman–Crippen LogP) is 3.13. The van der Waals surface area contributed by atoms with E-state index in [-0.39, 0.29) is 5.91 Å². The van der Waals surface area contributed by atoms with Gasteiger partial charge in [-0.15, -0.1) is 0 Å². The zero-order chi connectivity index (χ0) is 21.7. The van der Waals surface area contributed by atoms with E-state index in [4.69, 9.17) is 17.3 Å². The number of rotatable bonds is 7. The Morgan fingerprint density at radius 1 is 1.13 bits per heavy atom. The van der Waals surface area contributed by atoms with E-state index in [0.29, 0.717) is 44.0 Å². The van der Waals surface area contributed by atoms with Crippen LogP contribution < -0.4 is 16.0 Å². The van der Waals surface area contributed by atoms with Gasteiger partial charge in [-0.3, -0.25) is 9.59 Å². The van der Waals surface area contributed by atoms with Crippen LogP contribution in [-0.2, 0) is 16.0 Å². The largest absolute Gasteiger partial charge is 0.368 e. The topological polar surface area (TPSA) is 78.7 Å². The predicted molar refractivity (Wildman–Crippen MR) is 124 cm³/mol. The maximum absolute atomic E-state index is 12.6. The van der Waals surface area contributed by atoms with Gasteiger partial charge in [0.15, 0.2) is 0 Å². The van der Waals surface area contributed by atoms with Crippen LogP contribution in [0.4, 0.5) is 5.69 Å². The first-order chi connectivity index (χ1) is 14.4. The van der Waals surface area contributed by atoms with E-state index in [9.17, 15) is 9.59 Å². The van der Waals surface area contributed by atoms with E-state index in [0.717, 1.165) is 21.3 Å². The number of piperazine rings is 1. The molecule has 0 radical (unpaired) electrons. The highest BCUT2D eigenvalue weighted by Crippen LogP contribution is 2.30. The molecule has 1 aliphatic heterocycles. The lowest BCUT2D eigenvalue weighted by atomic mass is 10.0. The molecule has 3 rings (SSSR count). The number of nitrogens with one attached hydrogen (secondary N) is 1. The van der Waals surface area contributed by atoms with Gasteiger partial charge in [0.1, 0.15) is 6.04 Å². The summed E-state index contributed by atoms with van der Waals surface area (Å²) in [4.78, 5) is 28.7. The Bertz CT molecular complexity index is 899. The summed E-state index contributed by atoms with van der Waals surface area (Å²) in [7, 11) is 1.72. The lowest BCUT2D eigenvalue weighted by Crippen LogP contribution is -2.49. The molecule has 1 fully saturated rings. The summed E-state index contributed by atoms with van der Waals surface area (Å²) in [6.45, 7) is 2.71. The molecule has 160 valence electrons. The van der Waals surface area contributed by atoms with Crippen LogP contribution >= 0.6 is 27.5 Å². The summed E-state index contributed by atoms with van der Waals surface area (Å²) in [6.07, 6.45) is 1.18. The van der Waals surface area contributed by atoms with E-state index >= 15 is 0 Å². The third-order valence-corrected chi connectivity index (χ3v) is 6.13. The first-order valence-electron chi connectivity index (χ1n) is 9.92. The van der Waals surface area contributed by atoms with E-state index in [2.05, 4.69) is 26.1 Å². The molecule has 2 aromatic carbocycles. The minimum absolute atomic E-state index is 0.158. The van der Waals surface area contributed by atoms with Crippen LogP contribution in [0.25, 0.3) is 0 Å². The number of likely N-dealkylation sites (N-methyl/N-ethyl adjacent to an activating group) is 1. The van der Waals surface area contributed by atoms with Crippen molar-refractivity contribution in [2.75, 3.05) is 38.1 Å². The minimum atomic E-state index is -0.573. The number of carbonyl (C=O) groups is 2. The lowest BCUT2D eigenvalue weighted by Gasteiger charge is -2.37. The van der Waals surface area contributed by atoms with Crippen molar-refractivity contribution < 1.29 is 9.59 Å². The monoisotopic (exact) mass is 492 g/mol. The van der Waals surface area contributed by atoms with Crippen molar-refractivity contribution in [3.8, 4) is 0 Å².